The molecular weight excluding hydrogens is 482 g/mol. The molecule has 0 saturated carbocycles. The first-order chi connectivity index (χ1) is 17.7. The molecule has 0 radical (unpaired) electrons. The number of fused-ring (bicyclic) bond motifs is 1. The first-order valence-corrected chi connectivity index (χ1v) is 12.4. The molecule has 11 heteroatoms. The Bertz CT molecular complexity index is 1290. The molecule has 2 atom stereocenters. The Kier molecular flexibility index (Phi) is 6.91. The van der Waals surface area contributed by atoms with Gasteiger partial charge in [-0.25, -0.2) is 18.7 Å². The molecule has 1 aromatic carbocycles. The summed E-state index contributed by atoms with van der Waals surface area (Å²) in [5.74, 6) is -2.22. The largest absolute Gasteiger partial charge is 0.378 e. The van der Waals surface area contributed by atoms with Gasteiger partial charge in [-0.15, -0.1) is 0 Å². The van der Waals surface area contributed by atoms with E-state index in [1.807, 2.05) is 13.8 Å². The average Bonchev–Trinajstić information content (AvgIpc) is 3.33. The minimum Gasteiger partial charge on any atom is -0.378 e. The summed E-state index contributed by atoms with van der Waals surface area (Å²) in [4.78, 5) is 38.7. The van der Waals surface area contributed by atoms with Crippen molar-refractivity contribution in [2.75, 3.05) is 39.4 Å². The van der Waals surface area contributed by atoms with Crippen molar-refractivity contribution in [2.24, 2.45) is 0 Å². The van der Waals surface area contributed by atoms with E-state index < -0.39 is 17.7 Å². The molecule has 0 aliphatic carbocycles. The second-order valence-corrected chi connectivity index (χ2v) is 10.3. The van der Waals surface area contributed by atoms with Gasteiger partial charge in [-0.2, -0.15) is 0 Å². The number of nitrogens with one attached hydrogen (secondary N) is 1. The van der Waals surface area contributed by atoms with Gasteiger partial charge in [0.2, 0.25) is 5.91 Å². The molecule has 1 N–H and O–H groups in total. The van der Waals surface area contributed by atoms with Crippen molar-refractivity contribution in [2.45, 2.75) is 37.8 Å². The van der Waals surface area contributed by atoms with Crippen molar-refractivity contribution in [1.29, 1.82) is 0 Å². The zero-order valence-corrected chi connectivity index (χ0v) is 20.9. The third kappa shape index (κ3) is 5.33. The highest BCUT2D eigenvalue weighted by atomic mass is 19.1. The van der Waals surface area contributed by atoms with Gasteiger partial charge in [0.1, 0.15) is 11.6 Å². The van der Waals surface area contributed by atoms with E-state index in [1.165, 1.54) is 18.3 Å². The van der Waals surface area contributed by atoms with Crippen molar-refractivity contribution in [3.8, 4) is 0 Å². The monoisotopic (exact) mass is 512 g/mol. The van der Waals surface area contributed by atoms with Crippen LogP contribution in [0.3, 0.4) is 0 Å². The Hall–Kier alpha value is -3.44. The summed E-state index contributed by atoms with van der Waals surface area (Å²) < 4.78 is 35.4. The van der Waals surface area contributed by atoms with Gasteiger partial charge in [0, 0.05) is 49.6 Å². The van der Waals surface area contributed by atoms with Gasteiger partial charge in [-0.1, -0.05) is 0 Å². The van der Waals surface area contributed by atoms with Crippen LogP contribution in [0.2, 0.25) is 0 Å². The Morgan fingerprint density at radius 1 is 1.19 bits per heavy atom. The van der Waals surface area contributed by atoms with Crippen molar-refractivity contribution in [3.05, 3.63) is 66.0 Å². The van der Waals surface area contributed by atoms with Crippen LogP contribution in [0.1, 0.15) is 42.2 Å². The maximum Gasteiger partial charge on any atom is 0.274 e. The van der Waals surface area contributed by atoms with Crippen LogP contribution in [0.5, 0.6) is 0 Å². The second kappa shape index (κ2) is 10.1. The molecule has 0 bridgehead atoms. The summed E-state index contributed by atoms with van der Waals surface area (Å²) in [6, 6.07) is 2.88. The molecule has 3 aromatic rings. The fraction of sp³-hybridized carbons (Fsp3) is 0.462. The number of benzene rings is 1. The lowest BCUT2D eigenvalue weighted by molar-refractivity contribution is -0.128. The fourth-order valence-corrected chi connectivity index (χ4v) is 5.25. The molecule has 196 valence electrons. The summed E-state index contributed by atoms with van der Waals surface area (Å²) in [6.07, 6.45) is 6.83. The number of piperidine rings is 1. The number of nitrogens with zero attached hydrogens (tertiary/aromatic N) is 5. The molecule has 0 unspecified atom stereocenters. The molecule has 5 rings (SSSR count). The van der Waals surface area contributed by atoms with Gasteiger partial charge >= 0.3 is 0 Å². The number of ether oxygens (including phenoxy) is 1. The highest BCUT2D eigenvalue weighted by molar-refractivity contribution is 5.98. The normalized spacial score (nSPS) is 22.2. The molecule has 2 aromatic heterocycles. The third-order valence-corrected chi connectivity index (χ3v) is 7.25. The standard InChI is InChI=1S/C26H30F2N6O3/c1-26(2)15-37-8-7-34(26)14-23(35)31-21-13-32(5-3-20(21)17-9-18(27)11-19(28)10-17)25(36)24-22-12-29-16-33(22)6-4-30-24/h4,6,9-12,16,20-21H,3,5,7-8,13-15H2,1-2H3,(H,31,35)/t20-,21+/m0/s1. The van der Waals surface area contributed by atoms with E-state index in [0.29, 0.717) is 43.8 Å². The number of carbonyl (C=O) groups excluding carboxylic acids is 2. The van der Waals surface area contributed by atoms with Gasteiger partial charge in [0.05, 0.1) is 43.8 Å². The lowest BCUT2D eigenvalue weighted by Gasteiger charge is -2.43. The minimum atomic E-state index is -0.676. The molecule has 2 fully saturated rings. The lowest BCUT2D eigenvalue weighted by Crippen LogP contribution is -2.58. The topological polar surface area (TPSA) is 92.1 Å². The van der Waals surface area contributed by atoms with Crippen LogP contribution < -0.4 is 5.32 Å². The summed E-state index contributed by atoms with van der Waals surface area (Å²) in [5.41, 5.74) is 0.996. The second-order valence-electron chi connectivity index (χ2n) is 10.3. The quantitative estimate of drug-likeness (QED) is 0.564. The minimum absolute atomic E-state index is 0.154. The fourth-order valence-electron chi connectivity index (χ4n) is 5.25. The molecule has 2 amide bonds. The number of halogens is 2. The summed E-state index contributed by atoms with van der Waals surface area (Å²) >= 11 is 0. The summed E-state index contributed by atoms with van der Waals surface area (Å²) in [6.45, 7) is 6.39. The highest BCUT2D eigenvalue weighted by Gasteiger charge is 2.37. The number of hydrogen-bond donors (Lipinski definition) is 1. The van der Waals surface area contributed by atoms with Gasteiger partial charge in [0.15, 0.2) is 5.69 Å². The lowest BCUT2D eigenvalue weighted by atomic mass is 9.84. The molecule has 2 aliphatic heterocycles. The van der Waals surface area contributed by atoms with Gasteiger partial charge < -0.3 is 19.4 Å². The highest BCUT2D eigenvalue weighted by Crippen LogP contribution is 2.31. The molecule has 9 nitrogen and oxygen atoms in total. The number of rotatable bonds is 5. The van der Waals surface area contributed by atoms with Gasteiger partial charge in [0.25, 0.3) is 5.91 Å². The first-order valence-electron chi connectivity index (χ1n) is 12.4. The van der Waals surface area contributed by atoms with Gasteiger partial charge in [-0.05, 0) is 38.0 Å². The van der Waals surface area contributed by atoms with E-state index in [1.54, 1.807) is 28.0 Å². The summed E-state index contributed by atoms with van der Waals surface area (Å²) in [5, 5.41) is 3.06. The van der Waals surface area contributed by atoms with Crippen molar-refractivity contribution in [1.82, 2.24) is 29.5 Å². The molecule has 0 spiro atoms. The van der Waals surface area contributed by atoms with Crippen molar-refractivity contribution in [3.63, 3.8) is 0 Å². The van der Waals surface area contributed by atoms with Crippen molar-refractivity contribution < 1.29 is 23.1 Å². The van der Waals surface area contributed by atoms with Crippen LogP contribution >= 0.6 is 0 Å². The number of carbonyl (C=O) groups is 2. The van der Waals surface area contributed by atoms with E-state index in [0.717, 1.165) is 6.07 Å². The van der Waals surface area contributed by atoms with Crippen LogP contribution in [-0.2, 0) is 9.53 Å². The summed E-state index contributed by atoms with van der Waals surface area (Å²) in [7, 11) is 0. The molecule has 2 aliphatic rings. The van der Waals surface area contributed by atoms with Crippen LogP contribution in [0.15, 0.2) is 43.1 Å². The van der Waals surface area contributed by atoms with E-state index in [2.05, 4.69) is 20.2 Å². The smallest absolute Gasteiger partial charge is 0.274 e. The average molecular weight is 513 g/mol. The zero-order chi connectivity index (χ0) is 26.2. The number of morpholine rings is 1. The maximum atomic E-state index is 14.1. The third-order valence-electron chi connectivity index (χ3n) is 7.25. The zero-order valence-electron chi connectivity index (χ0n) is 20.9. The number of amides is 2. The van der Waals surface area contributed by atoms with Crippen LogP contribution in [-0.4, -0.2) is 87.0 Å². The molecule has 2 saturated heterocycles. The molecule has 4 heterocycles. The Labute approximate surface area is 213 Å². The number of hydrogen-bond acceptors (Lipinski definition) is 6. The first kappa shape index (κ1) is 25.2. The Morgan fingerprint density at radius 2 is 1.97 bits per heavy atom. The number of imidazole rings is 1. The van der Waals surface area contributed by atoms with Crippen LogP contribution in [0.25, 0.3) is 5.52 Å². The van der Waals surface area contributed by atoms with E-state index >= 15 is 0 Å². The van der Waals surface area contributed by atoms with Crippen LogP contribution in [0, 0.1) is 11.6 Å². The number of aromatic nitrogens is 3. The van der Waals surface area contributed by atoms with Crippen LogP contribution in [0.4, 0.5) is 8.78 Å². The molecule has 37 heavy (non-hydrogen) atoms. The maximum absolute atomic E-state index is 14.1. The van der Waals surface area contributed by atoms with E-state index in [9.17, 15) is 18.4 Å². The Balaban J connectivity index is 1.38. The predicted molar refractivity (Wildman–Crippen MR) is 131 cm³/mol. The van der Waals surface area contributed by atoms with Gasteiger partial charge in [-0.3, -0.25) is 14.5 Å². The Morgan fingerprint density at radius 3 is 2.73 bits per heavy atom. The van der Waals surface area contributed by atoms with E-state index in [-0.39, 0.29) is 42.1 Å². The SMILES string of the molecule is CC1(C)COCCN1CC(=O)N[C@@H]1CN(C(=O)c2nccn3cncc23)CC[C@H]1c1cc(F)cc(F)c1. The van der Waals surface area contributed by atoms with Crippen molar-refractivity contribution >= 4 is 17.3 Å². The number of likely N-dealkylation sites (tertiary alicyclic amines) is 1. The molecular formula is C26H30F2N6O3. The van der Waals surface area contributed by atoms with E-state index in [4.69, 9.17) is 4.74 Å². The predicted octanol–water partition coefficient (Wildman–Crippen LogP) is 2.23.